The predicted octanol–water partition coefficient (Wildman–Crippen LogP) is 4.98. The van der Waals surface area contributed by atoms with Crippen molar-refractivity contribution in [3.8, 4) is 0 Å². The van der Waals surface area contributed by atoms with Gasteiger partial charge in [0.05, 0.1) is 0 Å². The summed E-state index contributed by atoms with van der Waals surface area (Å²) in [5, 5.41) is 0. The van der Waals surface area contributed by atoms with E-state index in [0.717, 1.165) is 27.6 Å². The zero-order valence-corrected chi connectivity index (χ0v) is 13.7. The molecule has 0 aromatic heterocycles. The first-order chi connectivity index (χ1) is 9.04. The fourth-order valence-electron chi connectivity index (χ4n) is 1.90. The monoisotopic (exact) mass is 385 g/mol. The van der Waals surface area contributed by atoms with E-state index in [1.165, 1.54) is 17.7 Å². The van der Waals surface area contributed by atoms with E-state index in [4.69, 9.17) is 0 Å². The van der Waals surface area contributed by atoms with Crippen molar-refractivity contribution in [2.24, 2.45) is 0 Å². The van der Waals surface area contributed by atoms with Gasteiger partial charge in [-0.3, -0.25) is 4.90 Å². The highest BCUT2D eigenvalue weighted by Crippen LogP contribution is 2.20. The van der Waals surface area contributed by atoms with E-state index < -0.39 is 0 Å². The van der Waals surface area contributed by atoms with Gasteiger partial charge in [-0.2, -0.15) is 0 Å². The molecule has 0 atom stereocenters. The fourth-order valence-corrected chi connectivity index (χ4v) is 2.64. The second-order valence-corrected chi connectivity index (χ2v) is 6.30. The van der Waals surface area contributed by atoms with Crippen molar-refractivity contribution in [3.05, 3.63) is 68.4 Å². The van der Waals surface area contributed by atoms with Gasteiger partial charge in [-0.15, -0.1) is 0 Å². The van der Waals surface area contributed by atoms with Crippen LogP contribution in [0.1, 0.15) is 11.1 Å². The molecule has 0 amide bonds. The lowest BCUT2D eigenvalue weighted by molar-refractivity contribution is 0.318. The van der Waals surface area contributed by atoms with Crippen LogP contribution < -0.4 is 0 Å². The van der Waals surface area contributed by atoms with Crippen molar-refractivity contribution in [1.82, 2.24) is 4.90 Å². The van der Waals surface area contributed by atoms with Gasteiger partial charge in [0.15, 0.2) is 0 Å². The van der Waals surface area contributed by atoms with Crippen LogP contribution in [0, 0.1) is 5.82 Å². The molecule has 2 aromatic rings. The molecular weight excluding hydrogens is 373 g/mol. The van der Waals surface area contributed by atoms with Crippen molar-refractivity contribution in [2.45, 2.75) is 13.1 Å². The summed E-state index contributed by atoms with van der Waals surface area (Å²) >= 11 is 6.82. The molecule has 0 aliphatic rings. The van der Waals surface area contributed by atoms with Crippen LogP contribution in [0.2, 0.25) is 0 Å². The topological polar surface area (TPSA) is 3.24 Å². The molecule has 0 spiro atoms. The van der Waals surface area contributed by atoms with Crippen LogP contribution in [0.15, 0.2) is 51.4 Å². The van der Waals surface area contributed by atoms with Crippen molar-refractivity contribution >= 4 is 31.9 Å². The number of halogens is 3. The van der Waals surface area contributed by atoms with E-state index in [9.17, 15) is 4.39 Å². The zero-order chi connectivity index (χ0) is 13.8. The Labute approximate surface area is 129 Å². The van der Waals surface area contributed by atoms with Gasteiger partial charge in [0.2, 0.25) is 0 Å². The molecule has 1 nitrogen and oxygen atoms in total. The van der Waals surface area contributed by atoms with E-state index in [0.29, 0.717) is 0 Å². The third-order valence-electron chi connectivity index (χ3n) is 2.82. The third kappa shape index (κ3) is 4.41. The van der Waals surface area contributed by atoms with Gasteiger partial charge in [-0.1, -0.05) is 50.1 Å². The minimum Gasteiger partial charge on any atom is -0.298 e. The number of hydrogen-bond acceptors (Lipinski definition) is 1. The Morgan fingerprint density at radius 2 is 1.68 bits per heavy atom. The zero-order valence-electron chi connectivity index (χ0n) is 10.5. The quantitative estimate of drug-likeness (QED) is 0.715. The Hall–Kier alpha value is -0.710. The highest BCUT2D eigenvalue weighted by molar-refractivity contribution is 9.10. The molecule has 0 radical (unpaired) electrons. The van der Waals surface area contributed by atoms with Gasteiger partial charge in [-0.25, -0.2) is 4.39 Å². The summed E-state index contributed by atoms with van der Waals surface area (Å²) in [7, 11) is 2.05. The van der Waals surface area contributed by atoms with Crippen molar-refractivity contribution in [2.75, 3.05) is 7.05 Å². The van der Waals surface area contributed by atoms with E-state index in [2.05, 4.69) is 55.9 Å². The maximum absolute atomic E-state index is 13.0. The standard InChI is InChI=1S/C15H14Br2FN/c1-19(9-11-2-5-13(16)6-3-11)10-12-4-7-14(18)8-15(12)17/h2-8H,9-10H2,1H3. The molecule has 0 saturated heterocycles. The number of benzene rings is 2. The molecule has 0 bridgehead atoms. The summed E-state index contributed by atoms with van der Waals surface area (Å²) in [6, 6.07) is 13.1. The van der Waals surface area contributed by atoms with Gasteiger partial charge < -0.3 is 0 Å². The van der Waals surface area contributed by atoms with Gasteiger partial charge in [0.25, 0.3) is 0 Å². The van der Waals surface area contributed by atoms with Crippen LogP contribution in [0.25, 0.3) is 0 Å². The SMILES string of the molecule is CN(Cc1ccc(Br)cc1)Cc1ccc(F)cc1Br. The second-order valence-electron chi connectivity index (χ2n) is 4.53. The lowest BCUT2D eigenvalue weighted by Crippen LogP contribution is -2.17. The van der Waals surface area contributed by atoms with Crippen LogP contribution in [0.4, 0.5) is 4.39 Å². The number of rotatable bonds is 4. The van der Waals surface area contributed by atoms with Gasteiger partial charge >= 0.3 is 0 Å². The molecule has 2 rings (SSSR count). The molecule has 0 saturated carbocycles. The molecule has 0 heterocycles. The third-order valence-corrected chi connectivity index (χ3v) is 4.09. The Morgan fingerprint density at radius 1 is 1.00 bits per heavy atom. The van der Waals surface area contributed by atoms with Crippen molar-refractivity contribution in [3.63, 3.8) is 0 Å². The van der Waals surface area contributed by atoms with Crippen molar-refractivity contribution in [1.29, 1.82) is 0 Å². The lowest BCUT2D eigenvalue weighted by atomic mass is 10.2. The summed E-state index contributed by atoms with van der Waals surface area (Å²) < 4.78 is 14.9. The van der Waals surface area contributed by atoms with Crippen LogP contribution in [0.5, 0.6) is 0 Å². The molecule has 19 heavy (non-hydrogen) atoms. The normalized spacial score (nSPS) is 11.0. The smallest absolute Gasteiger partial charge is 0.124 e. The first kappa shape index (κ1) is 14.7. The highest BCUT2D eigenvalue weighted by Gasteiger charge is 2.06. The molecule has 0 unspecified atom stereocenters. The Balaban J connectivity index is 2.01. The van der Waals surface area contributed by atoms with Gasteiger partial charge in [0.1, 0.15) is 5.82 Å². The van der Waals surface area contributed by atoms with Crippen molar-refractivity contribution < 1.29 is 4.39 Å². The molecule has 0 fully saturated rings. The van der Waals surface area contributed by atoms with Gasteiger partial charge in [-0.05, 0) is 42.4 Å². The van der Waals surface area contributed by atoms with E-state index >= 15 is 0 Å². The van der Waals surface area contributed by atoms with Crippen LogP contribution in [-0.2, 0) is 13.1 Å². The maximum Gasteiger partial charge on any atom is 0.124 e. The molecule has 4 heteroatoms. The van der Waals surface area contributed by atoms with Crippen LogP contribution in [-0.4, -0.2) is 11.9 Å². The molecule has 0 aliphatic carbocycles. The number of nitrogens with zero attached hydrogens (tertiary/aromatic N) is 1. The van der Waals surface area contributed by atoms with E-state index in [1.807, 2.05) is 18.2 Å². The first-order valence-corrected chi connectivity index (χ1v) is 7.50. The molecule has 100 valence electrons. The highest BCUT2D eigenvalue weighted by atomic mass is 79.9. The maximum atomic E-state index is 13.0. The minimum atomic E-state index is -0.216. The summed E-state index contributed by atoms with van der Waals surface area (Å²) in [6.45, 7) is 1.63. The Kier molecular flexibility index (Phi) is 5.13. The molecule has 0 N–H and O–H groups in total. The molecule has 2 aromatic carbocycles. The minimum absolute atomic E-state index is 0.216. The summed E-state index contributed by atoms with van der Waals surface area (Å²) in [5.41, 5.74) is 2.34. The predicted molar refractivity (Wildman–Crippen MR) is 83.4 cm³/mol. The Morgan fingerprint density at radius 3 is 2.32 bits per heavy atom. The average molecular weight is 387 g/mol. The first-order valence-electron chi connectivity index (χ1n) is 5.91. The average Bonchev–Trinajstić information content (AvgIpc) is 2.36. The van der Waals surface area contributed by atoms with Gasteiger partial charge in [0, 0.05) is 22.0 Å². The molecule has 0 aliphatic heterocycles. The molecular formula is C15H14Br2FN. The second kappa shape index (κ2) is 6.64. The summed E-state index contributed by atoms with van der Waals surface area (Å²) in [6.07, 6.45) is 0. The fraction of sp³-hybridized carbons (Fsp3) is 0.200. The Bertz CT molecular complexity index is 555. The van der Waals surface area contributed by atoms with Crippen LogP contribution >= 0.6 is 31.9 Å². The van der Waals surface area contributed by atoms with E-state index in [-0.39, 0.29) is 5.82 Å². The lowest BCUT2D eigenvalue weighted by Gasteiger charge is -2.17. The summed E-state index contributed by atoms with van der Waals surface area (Å²) in [4.78, 5) is 2.20. The van der Waals surface area contributed by atoms with Crippen LogP contribution in [0.3, 0.4) is 0 Å². The van der Waals surface area contributed by atoms with E-state index in [1.54, 1.807) is 0 Å². The largest absolute Gasteiger partial charge is 0.298 e. The number of hydrogen-bond donors (Lipinski definition) is 0. The summed E-state index contributed by atoms with van der Waals surface area (Å²) in [5.74, 6) is -0.216.